The first kappa shape index (κ1) is 20.0. The third kappa shape index (κ3) is 7.51. The monoisotopic (exact) mass is 351 g/mol. The molecule has 0 aromatic heterocycles. The lowest BCUT2D eigenvalue weighted by Gasteiger charge is -2.22. The van der Waals surface area contributed by atoms with Crippen LogP contribution in [0.25, 0.3) is 0 Å². The number of alkyl halides is 3. The molecule has 0 fully saturated rings. The fourth-order valence-corrected chi connectivity index (χ4v) is 1.70. The summed E-state index contributed by atoms with van der Waals surface area (Å²) in [6, 6.07) is 4.39. The number of hydrogen-bond acceptors (Lipinski definition) is 5. The number of nitrogens with one attached hydrogen (secondary N) is 1. The maximum atomic E-state index is 12.1. The molecule has 6 nitrogen and oxygen atoms in total. The molecule has 0 radical (unpaired) electrons. The minimum atomic E-state index is -4.81. The van der Waals surface area contributed by atoms with E-state index in [1.54, 1.807) is 20.8 Å². The summed E-state index contributed by atoms with van der Waals surface area (Å²) < 4.78 is 44.8. The highest BCUT2D eigenvalue weighted by Gasteiger charge is 2.31. The molecule has 1 aromatic rings. The molecule has 1 amide bonds. The number of carbonyl (C=O) groups excluding carboxylic acids is 1. The van der Waals surface area contributed by atoms with Gasteiger partial charge in [-0.2, -0.15) is 0 Å². The predicted octanol–water partition coefficient (Wildman–Crippen LogP) is 2.50. The van der Waals surface area contributed by atoms with E-state index in [0.29, 0.717) is 0 Å². The normalized spacial score (nSPS) is 14.7. The van der Waals surface area contributed by atoms with Gasteiger partial charge in [-0.1, -0.05) is 12.1 Å². The minimum Gasteiger partial charge on any atom is -0.444 e. The van der Waals surface area contributed by atoms with E-state index < -0.39 is 36.0 Å². The van der Waals surface area contributed by atoms with Gasteiger partial charge in [-0.05, 0) is 38.5 Å². The van der Waals surface area contributed by atoms with Gasteiger partial charge in [0.1, 0.15) is 23.6 Å². The zero-order valence-corrected chi connectivity index (χ0v) is 13.4. The van der Waals surface area contributed by atoms with E-state index >= 15 is 0 Å². The van der Waals surface area contributed by atoms with Crippen molar-refractivity contribution in [3.63, 3.8) is 0 Å². The van der Waals surface area contributed by atoms with Gasteiger partial charge < -0.3 is 25.0 Å². The van der Waals surface area contributed by atoms with Crippen molar-refractivity contribution in [3.8, 4) is 5.75 Å². The molecule has 1 aromatic carbocycles. The molecule has 24 heavy (non-hydrogen) atoms. The second-order valence-electron chi connectivity index (χ2n) is 6.01. The third-order valence-corrected chi connectivity index (χ3v) is 2.67. The van der Waals surface area contributed by atoms with Gasteiger partial charge in [0.25, 0.3) is 0 Å². The molecule has 0 saturated carbocycles. The van der Waals surface area contributed by atoms with Crippen LogP contribution in [0.3, 0.4) is 0 Å². The quantitative estimate of drug-likeness (QED) is 0.759. The van der Waals surface area contributed by atoms with Gasteiger partial charge in [0.15, 0.2) is 0 Å². The molecule has 136 valence electrons. The molecule has 3 N–H and O–H groups in total. The first-order valence-electron chi connectivity index (χ1n) is 7.06. The molecule has 2 atom stereocenters. The molecule has 0 aliphatic carbocycles. The maximum Gasteiger partial charge on any atom is 0.573 e. The van der Waals surface area contributed by atoms with Crippen molar-refractivity contribution in [1.29, 1.82) is 0 Å². The number of alkyl carbamates (subject to hydrolysis) is 1. The van der Waals surface area contributed by atoms with Crippen molar-refractivity contribution in [2.24, 2.45) is 0 Å². The lowest BCUT2D eigenvalue weighted by Crippen LogP contribution is -2.38. The van der Waals surface area contributed by atoms with E-state index in [0.717, 1.165) is 12.1 Å². The summed E-state index contributed by atoms with van der Waals surface area (Å²) in [5.74, 6) is -0.445. The van der Waals surface area contributed by atoms with Gasteiger partial charge in [0, 0.05) is 6.54 Å². The number of benzene rings is 1. The highest BCUT2D eigenvalue weighted by atomic mass is 19.4. The molecule has 9 heteroatoms. The van der Waals surface area contributed by atoms with Crippen LogP contribution >= 0.6 is 0 Å². The number of aliphatic hydroxyl groups is 2. The number of hydrogen-bond donors (Lipinski definition) is 3. The Morgan fingerprint density at radius 2 is 1.71 bits per heavy atom. The molecule has 0 saturated heterocycles. The van der Waals surface area contributed by atoms with Gasteiger partial charge in [0.2, 0.25) is 0 Å². The Hall–Kier alpha value is -2.00. The summed E-state index contributed by atoms with van der Waals surface area (Å²) in [5, 5.41) is 22.1. The van der Waals surface area contributed by atoms with E-state index in [1.165, 1.54) is 12.1 Å². The highest BCUT2D eigenvalue weighted by Crippen LogP contribution is 2.25. The number of ether oxygens (including phenoxy) is 2. The van der Waals surface area contributed by atoms with Crippen molar-refractivity contribution in [1.82, 2.24) is 5.32 Å². The average molecular weight is 351 g/mol. The Balaban J connectivity index is 2.56. The molecule has 1 rings (SSSR count). The van der Waals surface area contributed by atoms with E-state index in [4.69, 9.17) is 4.74 Å². The van der Waals surface area contributed by atoms with Crippen molar-refractivity contribution in [2.45, 2.75) is 44.9 Å². The van der Waals surface area contributed by atoms with Crippen LogP contribution in [0.15, 0.2) is 24.3 Å². The van der Waals surface area contributed by atoms with Crippen LogP contribution in [0, 0.1) is 0 Å². The summed E-state index contributed by atoms with van der Waals surface area (Å²) in [6.07, 6.45) is -8.34. The van der Waals surface area contributed by atoms with Crippen LogP contribution in [0.4, 0.5) is 18.0 Å². The van der Waals surface area contributed by atoms with Crippen molar-refractivity contribution in [3.05, 3.63) is 29.8 Å². The van der Waals surface area contributed by atoms with Gasteiger partial charge >= 0.3 is 12.5 Å². The van der Waals surface area contributed by atoms with Gasteiger partial charge in [-0.3, -0.25) is 0 Å². The Labute approximate surface area is 137 Å². The van der Waals surface area contributed by atoms with Crippen LogP contribution in [0.5, 0.6) is 5.75 Å². The third-order valence-electron chi connectivity index (χ3n) is 2.67. The predicted molar refractivity (Wildman–Crippen MR) is 78.3 cm³/mol. The first-order valence-corrected chi connectivity index (χ1v) is 7.06. The molecular formula is C15H20F3NO5. The minimum absolute atomic E-state index is 0.169. The van der Waals surface area contributed by atoms with Crippen molar-refractivity contribution in [2.75, 3.05) is 6.54 Å². The number of halogens is 3. The van der Waals surface area contributed by atoms with Crippen molar-refractivity contribution >= 4 is 6.09 Å². The number of aliphatic hydroxyl groups excluding tert-OH is 2. The smallest absolute Gasteiger partial charge is 0.444 e. The summed E-state index contributed by atoms with van der Waals surface area (Å²) in [7, 11) is 0. The topological polar surface area (TPSA) is 88.0 Å². The van der Waals surface area contributed by atoms with E-state index in [1.807, 2.05) is 0 Å². The Bertz CT molecular complexity index is 540. The fraction of sp³-hybridized carbons (Fsp3) is 0.533. The molecule has 0 aliphatic heterocycles. The van der Waals surface area contributed by atoms with Gasteiger partial charge in [0.05, 0.1) is 0 Å². The van der Waals surface area contributed by atoms with Crippen molar-refractivity contribution < 1.29 is 37.7 Å². The maximum absolute atomic E-state index is 12.1. The van der Waals surface area contributed by atoms with Crippen LogP contribution in [-0.2, 0) is 4.74 Å². The van der Waals surface area contributed by atoms with Gasteiger partial charge in [-0.15, -0.1) is 13.2 Å². The number of amides is 1. The first-order chi connectivity index (χ1) is 10.9. The molecule has 0 spiro atoms. The lowest BCUT2D eigenvalue weighted by atomic mass is 10.0. The molecule has 0 aliphatic rings. The number of rotatable bonds is 5. The highest BCUT2D eigenvalue weighted by molar-refractivity contribution is 5.67. The summed E-state index contributed by atoms with van der Waals surface area (Å²) in [4.78, 5) is 11.5. The van der Waals surface area contributed by atoms with Crippen LogP contribution in [0.2, 0.25) is 0 Å². The summed E-state index contributed by atoms with van der Waals surface area (Å²) in [5.41, 5.74) is -0.537. The zero-order chi connectivity index (χ0) is 18.5. The van der Waals surface area contributed by atoms with E-state index in [2.05, 4.69) is 10.1 Å². The molecule has 0 heterocycles. The van der Waals surface area contributed by atoms with Crippen LogP contribution < -0.4 is 10.1 Å². The lowest BCUT2D eigenvalue weighted by molar-refractivity contribution is -0.274. The second-order valence-corrected chi connectivity index (χ2v) is 6.01. The molecule has 0 bridgehead atoms. The largest absolute Gasteiger partial charge is 0.573 e. The average Bonchev–Trinajstić information content (AvgIpc) is 2.41. The molecular weight excluding hydrogens is 331 g/mol. The fourth-order valence-electron chi connectivity index (χ4n) is 1.70. The Morgan fingerprint density at radius 1 is 1.17 bits per heavy atom. The van der Waals surface area contributed by atoms with E-state index in [-0.39, 0.29) is 12.1 Å². The second kappa shape index (κ2) is 7.71. The van der Waals surface area contributed by atoms with Crippen LogP contribution in [0.1, 0.15) is 32.4 Å². The number of carbonyl (C=O) groups is 1. The van der Waals surface area contributed by atoms with Crippen LogP contribution in [-0.4, -0.2) is 40.9 Å². The zero-order valence-electron chi connectivity index (χ0n) is 13.4. The summed E-state index contributed by atoms with van der Waals surface area (Å²) >= 11 is 0. The Kier molecular flexibility index (Phi) is 6.44. The standard InChI is InChI=1S/C15H20F3NO5/c1-14(2,3)24-13(22)19-8-11(20)12(21)9-4-6-10(7-5-9)23-15(16,17)18/h4-7,11-12,20-21H,8H2,1-3H3,(H,19,22). The summed E-state index contributed by atoms with van der Waals surface area (Å²) in [6.45, 7) is 4.71. The van der Waals surface area contributed by atoms with Gasteiger partial charge in [-0.25, -0.2) is 4.79 Å². The Morgan fingerprint density at radius 3 is 2.17 bits per heavy atom. The van der Waals surface area contributed by atoms with E-state index in [9.17, 15) is 28.2 Å². The SMILES string of the molecule is CC(C)(C)OC(=O)NCC(O)C(O)c1ccc(OC(F)(F)F)cc1. The molecule has 2 unspecified atom stereocenters.